The number of carbonyl (C=O) groups is 1. The number of allylic oxidation sites excluding steroid dienone is 2. The number of hydrogen-bond donors (Lipinski definition) is 2. The van der Waals surface area contributed by atoms with Crippen LogP contribution in [0.1, 0.15) is 38.5 Å². The zero-order valence-corrected chi connectivity index (χ0v) is 10.2. The second-order valence-corrected chi connectivity index (χ2v) is 5.47. The fraction of sp³-hybridized carbons (Fsp3) is 0.786. The van der Waals surface area contributed by atoms with Gasteiger partial charge in [-0.2, -0.15) is 0 Å². The summed E-state index contributed by atoms with van der Waals surface area (Å²) in [5.74, 6) is 1.80. The maximum Gasteiger partial charge on any atom is 0.303 e. The molecule has 0 aromatic heterocycles. The van der Waals surface area contributed by atoms with Crippen LogP contribution >= 0.6 is 0 Å². The van der Waals surface area contributed by atoms with Crippen molar-refractivity contribution in [2.75, 3.05) is 6.61 Å². The molecule has 2 aliphatic carbocycles. The Balaban J connectivity index is 1.78. The summed E-state index contributed by atoms with van der Waals surface area (Å²) in [6.45, 7) is 0.311. The van der Waals surface area contributed by atoms with E-state index in [-0.39, 0.29) is 6.42 Å². The van der Waals surface area contributed by atoms with Crippen molar-refractivity contribution in [2.24, 2.45) is 23.7 Å². The van der Waals surface area contributed by atoms with Gasteiger partial charge in [0.2, 0.25) is 0 Å². The van der Waals surface area contributed by atoms with Gasteiger partial charge in [0.15, 0.2) is 0 Å². The molecule has 0 amide bonds. The number of unbranched alkanes of at least 4 members (excludes halogenated alkanes) is 1. The van der Waals surface area contributed by atoms with Gasteiger partial charge in [0, 0.05) is 13.0 Å². The minimum absolute atomic E-state index is 0.254. The van der Waals surface area contributed by atoms with Crippen LogP contribution in [-0.4, -0.2) is 22.8 Å². The molecule has 0 aromatic rings. The molecule has 0 aromatic carbocycles. The van der Waals surface area contributed by atoms with Crippen LogP contribution in [0, 0.1) is 23.7 Å². The largest absolute Gasteiger partial charge is 0.481 e. The molecule has 96 valence electrons. The van der Waals surface area contributed by atoms with Gasteiger partial charge in [-0.05, 0) is 55.8 Å². The lowest BCUT2D eigenvalue weighted by atomic mass is 9.79. The second-order valence-electron chi connectivity index (χ2n) is 5.47. The van der Waals surface area contributed by atoms with E-state index in [0.29, 0.717) is 18.4 Å². The van der Waals surface area contributed by atoms with Crippen LogP contribution in [0.4, 0.5) is 0 Å². The predicted molar refractivity (Wildman–Crippen MR) is 65.5 cm³/mol. The average Bonchev–Trinajstić information content (AvgIpc) is 2.88. The predicted octanol–water partition coefficient (Wildman–Crippen LogP) is 2.45. The number of aliphatic hydroxyl groups excluding tert-OH is 1. The number of fused-ring (bicyclic) bond motifs is 2. The summed E-state index contributed by atoms with van der Waals surface area (Å²) in [6.07, 6.45) is 10.1. The van der Waals surface area contributed by atoms with Crippen molar-refractivity contribution in [1.29, 1.82) is 0 Å². The Bertz CT molecular complexity index is 298. The summed E-state index contributed by atoms with van der Waals surface area (Å²) in [7, 11) is 0. The van der Waals surface area contributed by atoms with E-state index in [4.69, 9.17) is 5.11 Å². The minimum atomic E-state index is -0.716. The lowest BCUT2D eigenvalue weighted by molar-refractivity contribution is -0.137. The third-order valence-electron chi connectivity index (χ3n) is 4.49. The highest BCUT2D eigenvalue weighted by atomic mass is 16.4. The molecular weight excluding hydrogens is 216 g/mol. The highest BCUT2D eigenvalue weighted by molar-refractivity contribution is 5.66. The quantitative estimate of drug-likeness (QED) is 0.552. The maximum absolute atomic E-state index is 10.4. The van der Waals surface area contributed by atoms with Crippen molar-refractivity contribution in [3.8, 4) is 0 Å². The van der Waals surface area contributed by atoms with E-state index in [1.54, 1.807) is 0 Å². The molecule has 0 spiro atoms. The van der Waals surface area contributed by atoms with E-state index in [0.717, 1.165) is 24.7 Å². The Morgan fingerprint density at radius 2 is 2.06 bits per heavy atom. The van der Waals surface area contributed by atoms with Gasteiger partial charge in [0.25, 0.3) is 0 Å². The fourth-order valence-electron chi connectivity index (χ4n) is 3.65. The highest BCUT2D eigenvalue weighted by Gasteiger charge is 2.45. The van der Waals surface area contributed by atoms with Gasteiger partial charge >= 0.3 is 5.97 Å². The molecule has 0 saturated heterocycles. The third kappa shape index (κ3) is 2.89. The van der Waals surface area contributed by atoms with E-state index >= 15 is 0 Å². The number of hydrogen-bond acceptors (Lipinski definition) is 2. The molecule has 2 N–H and O–H groups in total. The molecule has 3 nitrogen and oxygen atoms in total. The summed E-state index contributed by atoms with van der Waals surface area (Å²) in [4.78, 5) is 10.4. The summed E-state index contributed by atoms with van der Waals surface area (Å²) < 4.78 is 0. The molecule has 2 saturated carbocycles. The van der Waals surface area contributed by atoms with E-state index < -0.39 is 5.97 Å². The molecule has 4 atom stereocenters. The van der Waals surface area contributed by atoms with Crippen molar-refractivity contribution < 1.29 is 15.0 Å². The zero-order valence-electron chi connectivity index (χ0n) is 10.2. The van der Waals surface area contributed by atoms with Gasteiger partial charge in [-0.3, -0.25) is 4.79 Å². The van der Waals surface area contributed by atoms with Crippen molar-refractivity contribution >= 4 is 5.97 Å². The van der Waals surface area contributed by atoms with Gasteiger partial charge in [-0.1, -0.05) is 12.2 Å². The van der Waals surface area contributed by atoms with E-state index in [1.807, 2.05) is 0 Å². The Hall–Kier alpha value is -0.830. The first-order valence-electron chi connectivity index (χ1n) is 6.71. The second kappa shape index (κ2) is 5.67. The smallest absolute Gasteiger partial charge is 0.303 e. The molecule has 17 heavy (non-hydrogen) atoms. The molecular formula is C14H22O3. The molecule has 2 fully saturated rings. The Morgan fingerprint density at radius 1 is 1.29 bits per heavy atom. The normalized spacial score (nSPS) is 35.8. The van der Waals surface area contributed by atoms with Crippen LogP contribution in [0.2, 0.25) is 0 Å². The third-order valence-corrected chi connectivity index (χ3v) is 4.49. The lowest BCUT2D eigenvalue weighted by Gasteiger charge is -2.27. The van der Waals surface area contributed by atoms with Crippen LogP contribution in [0.25, 0.3) is 0 Å². The topological polar surface area (TPSA) is 57.5 Å². The van der Waals surface area contributed by atoms with E-state index in [9.17, 15) is 9.90 Å². The van der Waals surface area contributed by atoms with Gasteiger partial charge in [0.1, 0.15) is 0 Å². The molecule has 0 unspecified atom stereocenters. The molecule has 0 heterocycles. The number of aliphatic hydroxyl groups is 1. The van der Waals surface area contributed by atoms with Crippen LogP contribution < -0.4 is 0 Å². The van der Waals surface area contributed by atoms with Crippen molar-refractivity contribution in [2.45, 2.75) is 38.5 Å². The fourth-order valence-corrected chi connectivity index (χ4v) is 3.65. The van der Waals surface area contributed by atoms with Crippen LogP contribution in [-0.2, 0) is 4.79 Å². The average molecular weight is 238 g/mol. The van der Waals surface area contributed by atoms with Gasteiger partial charge in [0.05, 0.1) is 0 Å². The van der Waals surface area contributed by atoms with Gasteiger partial charge in [-0.25, -0.2) is 0 Å². The van der Waals surface area contributed by atoms with Crippen LogP contribution in [0.15, 0.2) is 12.2 Å². The Kier molecular flexibility index (Phi) is 4.21. The lowest BCUT2D eigenvalue weighted by Crippen LogP contribution is -2.23. The zero-order chi connectivity index (χ0) is 12.3. The number of carboxylic acid groups (broad SMARTS) is 1. The summed E-state index contributed by atoms with van der Waals surface area (Å²) >= 11 is 0. The summed E-state index contributed by atoms with van der Waals surface area (Å²) in [5, 5.41) is 18.0. The van der Waals surface area contributed by atoms with E-state index in [1.165, 1.54) is 19.3 Å². The van der Waals surface area contributed by atoms with Crippen molar-refractivity contribution in [3.63, 3.8) is 0 Å². The SMILES string of the molecule is O=C(O)CCC/C=C/[C@@H]1[C@@H]2CC[C@H](C2)[C@@H]1CO. The molecule has 2 rings (SSSR count). The first kappa shape index (κ1) is 12.6. The van der Waals surface area contributed by atoms with Crippen molar-refractivity contribution in [3.05, 3.63) is 12.2 Å². The monoisotopic (exact) mass is 238 g/mol. The summed E-state index contributed by atoms with van der Waals surface area (Å²) in [5.41, 5.74) is 0. The van der Waals surface area contributed by atoms with E-state index in [2.05, 4.69) is 12.2 Å². The standard InChI is InChI=1S/C14H22O3/c15-9-13-11-7-6-10(8-11)12(13)4-2-1-3-5-14(16)17/h2,4,10-13,15H,1,3,5-9H2,(H,16,17)/b4-2+/t10-,11-,12-,13+/m1/s1. The first-order chi connectivity index (χ1) is 8.22. The molecule has 0 radical (unpaired) electrons. The molecule has 2 aliphatic rings. The van der Waals surface area contributed by atoms with Crippen LogP contribution in [0.5, 0.6) is 0 Å². The maximum atomic E-state index is 10.4. The van der Waals surface area contributed by atoms with Gasteiger partial charge in [-0.15, -0.1) is 0 Å². The van der Waals surface area contributed by atoms with Crippen molar-refractivity contribution in [1.82, 2.24) is 0 Å². The number of carboxylic acids is 1. The molecule has 2 bridgehead atoms. The Labute approximate surface area is 103 Å². The molecule has 3 heteroatoms. The first-order valence-corrected chi connectivity index (χ1v) is 6.71. The highest BCUT2D eigenvalue weighted by Crippen LogP contribution is 2.52. The number of rotatable bonds is 6. The Morgan fingerprint density at radius 3 is 2.76 bits per heavy atom. The summed E-state index contributed by atoms with van der Waals surface area (Å²) in [6, 6.07) is 0. The molecule has 0 aliphatic heterocycles. The number of aliphatic carboxylic acids is 1. The van der Waals surface area contributed by atoms with Crippen LogP contribution in [0.3, 0.4) is 0 Å². The van der Waals surface area contributed by atoms with Gasteiger partial charge < -0.3 is 10.2 Å². The minimum Gasteiger partial charge on any atom is -0.481 e.